The summed E-state index contributed by atoms with van der Waals surface area (Å²) in [4.78, 5) is 13.7. The van der Waals surface area contributed by atoms with Gasteiger partial charge in [0.2, 0.25) is 0 Å². The third kappa shape index (κ3) is 3.19. The highest BCUT2D eigenvalue weighted by Gasteiger charge is 2.29. The number of anilines is 1. The molecule has 19 heavy (non-hydrogen) atoms. The van der Waals surface area contributed by atoms with Gasteiger partial charge in [0.05, 0.1) is 11.7 Å². The summed E-state index contributed by atoms with van der Waals surface area (Å²) in [6.07, 6.45) is 2.24. The second-order valence-electron chi connectivity index (χ2n) is 5.06. The van der Waals surface area contributed by atoms with E-state index in [1.807, 2.05) is 0 Å². The number of ether oxygens (including phenoxy) is 1. The van der Waals surface area contributed by atoms with Crippen LogP contribution in [0.3, 0.4) is 0 Å². The summed E-state index contributed by atoms with van der Waals surface area (Å²) in [5, 5.41) is 4.00. The van der Waals surface area contributed by atoms with Crippen LogP contribution in [0.2, 0.25) is 5.02 Å². The normalized spacial score (nSPS) is 21.7. The first-order valence-corrected chi connectivity index (χ1v) is 6.69. The molecule has 0 spiro atoms. The molecule has 0 bridgehead atoms. The molecule has 0 heterocycles. The average molecular weight is 283 g/mol. The summed E-state index contributed by atoms with van der Waals surface area (Å²) in [6.45, 7) is 0. The van der Waals surface area contributed by atoms with Crippen molar-refractivity contribution in [2.24, 2.45) is 0 Å². The fourth-order valence-corrected chi connectivity index (χ4v) is 2.33. The van der Waals surface area contributed by atoms with E-state index in [0.29, 0.717) is 22.7 Å². The molecular formula is C14H19ClN2O2. The van der Waals surface area contributed by atoms with Gasteiger partial charge in [-0.3, -0.25) is 4.79 Å². The molecule has 0 atom stereocenters. The first-order valence-electron chi connectivity index (χ1n) is 6.31. The number of halogens is 1. The zero-order valence-corrected chi connectivity index (χ0v) is 12.2. The van der Waals surface area contributed by atoms with Crippen LogP contribution in [0.4, 0.5) is 5.69 Å². The molecule has 1 saturated carbocycles. The third-order valence-corrected chi connectivity index (χ3v) is 3.64. The number of amides is 1. The summed E-state index contributed by atoms with van der Waals surface area (Å²) >= 11 is 6.01. The number of hydrogen-bond donors (Lipinski definition) is 1. The predicted octanol–water partition coefficient (Wildman–Crippen LogP) is 2.63. The van der Waals surface area contributed by atoms with Gasteiger partial charge in [-0.25, -0.2) is 0 Å². The van der Waals surface area contributed by atoms with Crippen molar-refractivity contribution in [3.8, 4) is 0 Å². The predicted molar refractivity (Wildman–Crippen MR) is 76.9 cm³/mol. The van der Waals surface area contributed by atoms with Crippen molar-refractivity contribution in [2.75, 3.05) is 26.5 Å². The Bertz CT molecular complexity index is 471. The maximum Gasteiger partial charge on any atom is 0.255 e. The van der Waals surface area contributed by atoms with Crippen molar-refractivity contribution in [1.29, 1.82) is 0 Å². The highest BCUT2D eigenvalue weighted by Crippen LogP contribution is 2.29. The van der Waals surface area contributed by atoms with Crippen LogP contribution in [0, 0.1) is 0 Å². The SMILES string of the molecule is COC1CC(Nc2cc(Cl)ccc2C(=O)N(C)C)C1. The number of rotatable bonds is 4. The summed E-state index contributed by atoms with van der Waals surface area (Å²) in [5.41, 5.74) is 1.45. The molecule has 0 aliphatic heterocycles. The Hall–Kier alpha value is -1.26. The maximum absolute atomic E-state index is 12.1. The lowest BCUT2D eigenvalue weighted by Crippen LogP contribution is -2.40. The smallest absolute Gasteiger partial charge is 0.255 e. The molecule has 1 aliphatic carbocycles. The minimum atomic E-state index is -0.0261. The van der Waals surface area contributed by atoms with E-state index in [4.69, 9.17) is 16.3 Å². The van der Waals surface area contributed by atoms with Crippen molar-refractivity contribution in [2.45, 2.75) is 25.0 Å². The molecule has 4 nitrogen and oxygen atoms in total. The van der Waals surface area contributed by atoms with Crippen LogP contribution in [-0.2, 0) is 4.74 Å². The Morgan fingerprint density at radius 1 is 1.42 bits per heavy atom. The molecule has 1 aromatic rings. The quantitative estimate of drug-likeness (QED) is 0.923. The molecule has 0 radical (unpaired) electrons. The van der Waals surface area contributed by atoms with E-state index in [0.717, 1.165) is 18.5 Å². The maximum atomic E-state index is 12.1. The highest BCUT2D eigenvalue weighted by molar-refractivity contribution is 6.31. The van der Waals surface area contributed by atoms with Crippen molar-refractivity contribution in [3.63, 3.8) is 0 Å². The van der Waals surface area contributed by atoms with Gasteiger partial charge in [-0.15, -0.1) is 0 Å². The zero-order chi connectivity index (χ0) is 14.0. The van der Waals surface area contributed by atoms with E-state index in [1.54, 1.807) is 44.3 Å². The molecule has 1 aromatic carbocycles. The number of nitrogens with one attached hydrogen (secondary N) is 1. The average Bonchev–Trinajstić information content (AvgIpc) is 2.32. The van der Waals surface area contributed by atoms with Crippen LogP contribution in [-0.4, -0.2) is 44.2 Å². The molecule has 5 heteroatoms. The number of nitrogens with zero attached hydrogens (tertiary/aromatic N) is 1. The molecule has 1 N–H and O–H groups in total. The molecule has 1 aliphatic rings. The topological polar surface area (TPSA) is 41.6 Å². The molecule has 0 unspecified atom stereocenters. The van der Waals surface area contributed by atoms with E-state index in [2.05, 4.69) is 5.32 Å². The third-order valence-electron chi connectivity index (χ3n) is 3.41. The lowest BCUT2D eigenvalue weighted by atomic mass is 9.89. The molecular weight excluding hydrogens is 264 g/mol. The molecule has 1 fully saturated rings. The standard InChI is InChI=1S/C14H19ClN2O2/c1-17(2)14(18)12-5-4-9(15)6-13(12)16-10-7-11(8-10)19-3/h4-6,10-11,16H,7-8H2,1-3H3. The van der Waals surface area contributed by atoms with Crippen molar-refractivity contribution >= 4 is 23.2 Å². The van der Waals surface area contributed by atoms with Crippen molar-refractivity contribution < 1.29 is 9.53 Å². The monoisotopic (exact) mass is 282 g/mol. The van der Waals surface area contributed by atoms with Gasteiger partial charge in [0.25, 0.3) is 5.91 Å². The van der Waals surface area contributed by atoms with E-state index in [1.165, 1.54) is 0 Å². The van der Waals surface area contributed by atoms with Crippen molar-refractivity contribution in [1.82, 2.24) is 4.90 Å². The van der Waals surface area contributed by atoms with Gasteiger partial charge in [0.15, 0.2) is 0 Å². The van der Waals surface area contributed by atoms with Crippen molar-refractivity contribution in [3.05, 3.63) is 28.8 Å². The van der Waals surface area contributed by atoms with Crippen LogP contribution in [0.1, 0.15) is 23.2 Å². The van der Waals surface area contributed by atoms with Crippen LogP contribution >= 0.6 is 11.6 Å². The number of hydrogen-bond acceptors (Lipinski definition) is 3. The number of methoxy groups -OCH3 is 1. The van der Waals surface area contributed by atoms with E-state index < -0.39 is 0 Å². The van der Waals surface area contributed by atoms with E-state index in [9.17, 15) is 4.79 Å². The highest BCUT2D eigenvalue weighted by atomic mass is 35.5. The Balaban J connectivity index is 2.14. The van der Waals surface area contributed by atoms with Crippen LogP contribution in [0.15, 0.2) is 18.2 Å². The number of carbonyl (C=O) groups excluding carboxylic acids is 1. The number of carbonyl (C=O) groups is 1. The summed E-state index contributed by atoms with van der Waals surface area (Å²) in [7, 11) is 5.21. The summed E-state index contributed by atoms with van der Waals surface area (Å²) in [6, 6.07) is 5.65. The number of benzene rings is 1. The largest absolute Gasteiger partial charge is 0.381 e. The molecule has 104 valence electrons. The summed E-state index contributed by atoms with van der Waals surface area (Å²) < 4.78 is 5.25. The van der Waals surface area contributed by atoms with Gasteiger partial charge in [-0.05, 0) is 31.0 Å². The van der Waals surface area contributed by atoms with Crippen LogP contribution in [0.5, 0.6) is 0 Å². The lowest BCUT2D eigenvalue weighted by molar-refractivity contribution is 0.0328. The van der Waals surface area contributed by atoms with Gasteiger partial charge in [-0.1, -0.05) is 11.6 Å². The molecule has 1 amide bonds. The lowest BCUT2D eigenvalue weighted by Gasteiger charge is -2.35. The van der Waals surface area contributed by atoms with Gasteiger partial charge in [0, 0.05) is 38.0 Å². The first-order chi connectivity index (χ1) is 9.01. The minimum absolute atomic E-state index is 0.0261. The fraction of sp³-hybridized carbons (Fsp3) is 0.500. The second-order valence-corrected chi connectivity index (χ2v) is 5.50. The van der Waals surface area contributed by atoms with Gasteiger partial charge >= 0.3 is 0 Å². The van der Waals surface area contributed by atoms with Gasteiger partial charge in [0.1, 0.15) is 0 Å². The molecule has 0 aromatic heterocycles. The molecule has 2 rings (SSSR count). The van der Waals surface area contributed by atoms with Gasteiger partial charge in [-0.2, -0.15) is 0 Å². The van der Waals surface area contributed by atoms with E-state index >= 15 is 0 Å². The van der Waals surface area contributed by atoms with Gasteiger partial charge < -0.3 is 15.0 Å². The minimum Gasteiger partial charge on any atom is -0.381 e. The van der Waals surface area contributed by atoms with Crippen LogP contribution < -0.4 is 5.32 Å². The Kier molecular flexibility index (Phi) is 4.32. The Morgan fingerprint density at radius 2 is 2.11 bits per heavy atom. The Labute approximate surface area is 118 Å². The van der Waals surface area contributed by atoms with Crippen LogP contribution in [0.25, 0.3) is 0 Å². The molecule has 0 saturated heterocycles. The Morgan fingerprint density at radius 3 is 2.68 bits per heavy atom. The second kappa shape index (κ2) is 5.80. The zero-order valence-electron chi connectivity index (χ0n) is 11.4. The fourth-order valence-electron chi connectivity index (χ4n) is 2.16. The van der Waals surface area contributed by atoms with E-state index in [-0.39, 0.29) is 5.91 Å². The first kappa shape index (κ1) is 14.2. The summed E-state index contributed by atoms with van der Waals surface area (Å²) in [5.74, 6) is -0.0261.